The zero-order valence-corrected chi connectivity index (χ0v) is 16.4. The number of aryl methyl sites for hydroxylation is 1. The van der Waals surface area contributed by atoms with E-state index in [-0.39, 0.29) is 29.4 Å². The SMILES string of the molecule is CCc1[nH]c(C(=O)NC2CCN(c3cc(C(=O)O)ccn3)CC2OC)nc1Cl. The molecule has 28 heavy (non-hydrogen) atoms. The van der Waals surface area contributed by atoms with Gasteiger partial charge in [-0.1, -0.05) is 18.5 Å². The summed E-state index contributed by atoms with van der Waals surface area (Å²) in [7, 11) is 1.58. The Kier molecular flexibility index (Phi) is 6.15. The first-order valence-corrected chi connectivity index (χ1v) is 9.33. The van der Waals surface area contributed by atoms with Gasteiger partial charge in [-0.15, -0.1) is 0 Å². The number of carboxylic acids is 1. The third kappa shape index (κ3) is 4.26. The van der Waals surface area contributed by atoms with Gasteiger partial charge in [0.15, 0.2) is 11.0 Å². The van der Waals surface area contributed by atoms with E-state index < -0.39 is 5.97 Å². The topological polar surface area (TPSA) is 120 Å². The monoisotopic (exact) mass is 407 g/mol. The fraction of sp³-hybridized carbons (Fsp3) is 0.444. The summed E-state index contributed by atoms with van der Waals surface area (Å²) >= 11 is 6.01. The van der Waals surface area contributed by atoms with Crippen molar-refractivity contribution in [2.75, 3.05) is 25.1 Å². The number of hydrogen-bond donors (Lipinski definition) is 3. The lowest BCUT2D eigenvalue weighted by Crippen LogP contribution is -2.55. The first kappa shape index (κ1) is 20.1. The number of aromatic carboxylic acids is 1. The highest BCUT2D eigenvalue weighted by Gasteiger charge is 2.32. The van der Waals surface area contributed by atoms with E-state index in [9.17, 15) is 9.59 Å². The molecule has 1 fully saturated rings. The van der Waals surface area contributed by atoms with Crippen molar-refractivity contribution in [3.63, 3.8) is 0 Å². The lowest BCUT2D eigenvalue weighted by molar-refractivity contribution is 0.0536. The van der Waals surface area contributed by atoms with E-state index >= 15 is 0 Å². The first-order chi connectivity index (χ1) is 13.4. The van der Waals surface area contributed by atoms with Crippen molar-refractivity contribution in [1.82, 2.24) is 20.3 Å². The van der Waals surface area contributed by atoms with E-state index in [1.165, 1.54) is 18.3 Å². The molecule has 1 aliphatic heterocycles. The molecule has 1 saturated heterocycles. The maximum atomic E-state index is 12.5. The number of carboxylic acid groups (broad SMARTS) is 1. The molecule has 0 aromatic carbocycles. The summed E-state index contributed by atoms with van der Waals surface area (Å²) in [5.74, 6) is -0.599. The minimum atomic E-state index is -1.00. The number of imidazole rings is 1. The van der Waals surface area contributed by atoms with Crippen molar-refractivity contribution in [3.8, 4) is 0 Å². The second kappa shape index (κ2) is 8.57. The van der Waals surface area contributed by atoms with Crippen LogP contribution >= 0.6 is 11.6 Å². The summed E-state index contributed by atoms with van der Waals surface area (Å²) in [6.07, 6.45) is 2.45. The highest BCUT2D eigenvalue weighted by molar-refractivity contribution is 6.30. The van der Waals surface area contributed by atoms with Gasteiger partial charge in [-0.25, -0.2) is 14.8 Å². The summed E-state index contributed by atoms with van der Waals surface area (Å²) in [6.45, 7) is 2.99. The van der Waals surface area contributed by atoms with E-state index in [0.29, 0.717) is 42.6 Å². The number of ether oxygens (including phenoxy) is 1. The smallest absolute Gasteiger partial charge is 0.335 e. The van der Waals surface area contributed by atoms with Crippen LogP contribution in [0.25, 0.3) is 0 Å². The van der Waals surface area contributed by atoms with Crippen molar-refractivity contribution in [2.45, 2.75) is 31.9 Å². The van der Waals surface area contributed by atoms with Crippen LogP contribution in [-0.2, 0) is 11.2 Å². The molecule has 0 spiro atoms. The summed E-state index contributed by atoms with van der Waals surface area (Å²) in [4.78, 5) is 36.9. The van der Waals surface area contributed by atoms with Crippen LogP contribution in [0.1, 0.15) is 40.0 Å². The number of pyridine rings is 1. The summed E-state index contributed by atoms with van der Waals surface area (Å²) in [5.41, 5.74) is 0.894. The number of carbonyl (C=O) groups excluding carboxylic acids is 1. The van der Waals surface area contributed by atoms with Gasteiger partial charge in [-0.05, 0) is 25.0 Å². The standard InChI is InChI=1S/C18H22ClN5O4/c1-3-11-15(19)23-16(21-11)17(25)22-12-5-7-24(9-13(12)28-2)14-8-10(18(26)27)4-6-20-14/h4,6,8,12-13H,3,5,7,9H2,1-2H3,(H,21,23)(H,22,25)(H,26,27). The highest BCUT2D eigenvalue weighted by Crippen LogP contribution is 2.21. The number of anilines is 1. The van der Waals surface area contributed by atoms with Gasteiger partial charge >= 0.3 is 5.97 Å². The third-order valence-corrected chi connectivity index (χ3v) is 5.10. The third-order valence-electron chi connectivity index (χ3n) is 4.79. The van der Waals surface area contributed by atoms with Gasteiger partial charge in [0, 0.05) is 26.4 Å². The average Bonchev–Trinajstić information content (AvgIpc) is 3.09. The summed E-state index contributed by atoms with van der Waals surface area (Å²) in [5, 5.41) is 12.4. The average molecular weight is 408 g/mol. The minimum absolute atomic E-state index is 0.176. The van der Waals surface area contributed by atoms with E-state index in [1.54, 1.807) is 7.11 Å². The fourth-order valence-corrected chi connectivity index (χ4v) is 3.48. The maximum Gasteiger partial charge on any atom is 0.335 e. The van der Waals surface area contributed by atoms with Crippen LogP contribution in [0.15, 0.2) is 18.3 Å². The number of hydrogen-bond acceptors (Lipinski definition) is 6. The lowest BCUT2D eigenvalue weighted by atomic mass is 10.0. The zero-order chi connectivity index (χ0) is 20.3. The Labute approximate surface area is 167 Å². The number of halogens is 1. The zero-order valence-electron chi connectivity index (χ0n) is 15.6. The molecular weight excluding hydrogens is 386 g/mol. The number of methoxy groups -OCH3 is 1. The van der Waals surface area contributed by atoms with E-state index in [2.05, 4.69) is 20.3 Å². The molecule has 10 heteroatoms. The van der Waals surface area contributed by atoms with Crippen molar-refractivity contribution >= 4 is 29.3 Å². The molecule has 3 heterocycles. The Morgan fingerprint density at radius 3 is 2.93 bits per heavy atom. The molecule has 1 aliphatic rings. The van der Waals surface area contributed by atoms with Crippen LogP contribution in [0, 0.1) is 0 Å². The number of nitrogens with one attached hydrogen (secondary N) is 2. The quantitative estimate of drug-likeness (QED) is 0.666. The number of nitrogens with zero attached hydrogens (tertiary/aromatic N) is 3. The number of rotatable bonds is 6. The van der Waals surface area contributed by atoms with Gasteiger partial charge in [-0.3, -0.25) is 4.79 Å². The van der Waals surface area contributed by atoms with Gasteiger partial charge in [0.05, 0.1) is 23.4 Å². The molecule has 150 valence electrons. The van der Waals surface area contributed by atoms with Crippen molar-refractivity contribution < 1.29 is 19.4 Å². The summed E-state index contributed by atoms with van der Waals surface area (Å²) < 4.78 is 5.56. The Morgan fingerprint density at radius 1 is 1.50 bits per heavy atom. The van der Waals surface area contributed by atoms with Crippen molar-refractivity contribution in [2.24, 2.45) is 0 Å². The lowest BCUT2D eigenvalue weighted by Gasteiger charge is -2.38. The Hall–Kier alpha value is -2.65. The van der Waals surface area contributed by atoms with Crippen LogP contribution in [0.2, 0.25) is 5.15 Å². The van der Waals surface area contributed by atoms with Crippen LogP contribution < -0.4 is 10.2 Å². The van der Waals surface area contributed by atoms with E-state index in [4.69, 9.17) is 21.4 Å². The second-order valence-corrected chi connectivity index (χ2v) is 6.86. The minimum Gasteiger partial charge on any atom is -0.478 e. The molecule has 0 aliphatic carbocycles. The van der Waals surface area contributed by atoms with E-state index in [1.807, 2.05) is 11.8 Å². The number of aromatic nitrogens is 3. The largest absolute Gasteiger partial charge is 0.478 e. The van der Waals surface area contributed by atoms with Crippen LogP contribution in [0.3, 0.4) is 0 Å². The molecule has 0 bridgehead atoms. The van der Waals surface area contributed by atoms with Crippen molar-refractivity contribution in [3.05, 3.63) is 40.6 Å². The first-order valence-electron chi connectivity index (χ1n) is 8.95. The van der Waals surface area contributed by atoms with Gasteiger partial charge in [0.25, 0.3) is 5.91 Å². The number of carbonyl (C=O) groups is 2. The molecule has 0 radical (unpaired) electrons. The van der Waals surface area contributed by atoms with E-state index in [0.717, 1.165) is 0 Å². The Balaban J connectivity index is 1.68. The fourth-order valence-electron chi connectivity index (χ4n) is 3.22. The normalized spacial score (nSPS) is 19.5. The van der Waals surface area contributed by atoms with Gasteiger partial charge in [0.2, 0.25) is 0 Å². The molecule has 2 unspecified atom stereocenters. The maximum absolute atomic E-state index is 12.5. The van der Waals surface area contributed by atoms with Crippen molar-refractivity contribution in [1.29, 1.82) is 0 Å². The molecule has 0 saturated carbocycles. The van der Waals surface area contributed by atoms with Crippen LogP contribution in [0.4, 0.5) is 5.82 Å². The highest BCUT2D eigenvalue weighted by atomic mass is 35.5. The Morgan fingerprint density at radius 2 is 2.29 bits per heavy atom. The summed E-state index contributed by atoms with van der Waals surface area (Å²) in [6, 6.07) is 2.77. The number of aromatic amines is 1. The molecule has 2 aromatic rings. The van der Waals surface area contributed by atoms with Crippen LogP contribution in [-0.4, -0.2) is 64.3 Å². The number of amides is 1. The number of H-pyrrole nitrogens is 1. The Bertz CT molecular complexity index is 871. The van der Waals surface area contributed by atoms with Crippen LogP contribution in [0.5, 0.6) is 0 Å². The predicted molar refractivity (Wildman–Crippen MR) is 103 cm³/mol. The molecule has 9 nitrogen and oxygen atoms in total. The van der Waals surface area contributed by atoms with Gasteiger partial charge in [0.1, 0.15) is 5.82 Å². The molecule has 2 atom stereocenters. The van der Waals surface area contributed by atoms with Gasteiger partial charge in [-0.2, -0.15) is 0 Å². The molecule has 2 aromatic heterocycles. The molecule has 1 amide bonds. The van der Waals surface area contributed by atoms with Gasteiger partial charge < -0.3 is 25.0 Å². The molecule has 3 N–H and O–H groups in total. The molecule has 3 rings (SSSR count). The predicted octanol–water partition coefficient (Wildman–Crippen LogP) is 1.74. The molecular formula is C18H22ClN5O4. The second-order valence-electron chi connectivity index (χ2n) is 6.50. The number of piperidine rings is 1.